The van der Waals surface area contributed by atoms with Gasteiger partial charge in [0.05, 0.1) is 0 Å². The first-order valence-electron chi connectivity index (χ1n) is 5.02. The Kier molecular flexibility index (Phi) is 5.72. The van der Waals surface area contributed by atoms with Gasteiger partial charge in [-0.25, -0.2) is 4.98 Å². The topological polar surface area (TPSA) is 75.1 Å². The number of aryl methyl sites for hydroxylation is 1. The lowest BCUT2D eigenvalue weighted by Gasteiger charge is -2.09. The number of hydrogen-bond acceptors (Lipinski definition) is 6. The monoisotopic (exact) mass is 261 g/mol. The molecule has 0 amide bonds. The van der Waals surface area contributed by atoms with Crippen molar-refractivity contribution in [1.29, 1.82) is 0 Å². The van der Waals surface area contributed by atoms with E-state index in [1.807, 2.05) is 6.92 Å². The second kappa shape index (κ2) is 6.82. The Morgan fingerprint density at radius 2 is 2.44 bits per heavy atom. The van der Waals surface area contributed by atoms with Gasteiger partial charge < -0.3 is 10.4 Å². The summed E-state index contributed by atoms with van der Waals surface area (Å²) in [6.07, 6.45) is 1.42. The van der Waals surface area contributed by atoms with Crippen LogP contribution in [0.3, 0.4) is 0 Å². The Hall–Kier alpha value is -0.660. The van der Waals surface area contributed by atoms with Crippen molar-refractivity contribution in [2.24, 2.45) is 0 Å². The summed E-state index contributed by atoms with van der Waals surface area (Å²) in [4.78, 5) is 15.0. The summed E-state index contributed by atoms with van der Waals surface area (Å²) in [6, 6.07) is -0.480. The molecule has 1 aromatic rings. The smallest absolute Gasteiger partial charge is 0.320 e. The van der Waals surface area contributed by atoms with Crippen molar-refractivity contribution in [3.05, 3.63) is 5.82 Å². The summed E-state index contributed by atoms with van der Waals surface area (Å²) in [5, 5.41) is 11.6. The van der Waals surface area contributed by atoms with E-state index in [-0.39, 0.29) is 0 Å². The van der Waals surface area contributed by atoms with E-state index >= 15 is 0 Å². The van der Waals surface area contributed by atoms with E-state index < -0.39 is 12.0 Å². The summed E-state index contributed by atoms with van der Waals surface area (Å²) in [5.41, 5.74) is 0. The number of rotatable bonds is 7. The number of hydrogen-bond donors (Lipinski definition) is 2. The Morgan fingerprint density at radius 3 is 2.94 bits per heavy atom. The van der Waals surface area contributed by atoms with Crippen LogP contribution in [0.1, 0.15) is 19.2 Å². The molecule has 1 rings (SSSR count). The van der Waals surface area contributed by atoms with E-state index in [0.29, 0.717) is 6.42 Å². The molecule has 0 bridgehead atoms. The van der Waals surface area contributed by atoms with E-state index in [9.17, 15) is 4.79 Å². The van der Waals surface area contributed by atoms with Gasteiger partial charge in [0.2, 0.25) is 0 Å². The zero-order valence-electron chi connectivity index (χ0n) is 9.27. The molecule has 0 fully saturated rings. The minimum Gasteiger partial charge on any atom is -0.480 e. The van der Waals surface area contributed by atoms with Crippen molar-refractivity contribution in [1.82, 2.24) is 14.7 Å². The quantitative estimate of drug-likeness (QED) is 0.720. The third-order valence-electron chi connectivity index (χ3n) is 2.04. The first kappa shape index (κ1) is 13.4. The molecule has 0 spiro atoms. The van der Waals surface area contributed by atoms with Crippen LogP contribution < -0.4 is 5.32 Å². The van der Waals surface area contributed by atoms with Gasteiger partial charge in [0.1, 0.15) is 11.9 Å². The summed E-state index contributed by atoms with van der Waals surface area (Å²) in [5.74, 6) is 0.779. The van der Waals surface area contributed by atoms with Crippen LogP contribution in [0.15, 0.2) is 4.34 Å². The second-order valence-corrected chi connectivity index (χ2v) is 5.24. The van der Waals surface area contributed by atoms with Crippen LogP contribution >= 0.6 is 23.3 Å². The standard InChI is InChI=1S/C9H15N3O2S2/c1-3-7-11-9(16-12-7)15-5-4-6(10-2)8(13)14/h6,10H,3-5H2,1-2H3,(H,13,14). The zero-order valence-corrected chi connectivity index (χ0v) is 10.9. The van der Waals surface area contributed by atoms with E-state index in [4.69, 9.17) is 5.11 Å². The van der Waals surface area contributed by atoms with Crippen LogP contribution in [0.25, 0.3) is 0 Å². The lowest BCUT2D eigenvalue weighted by atomic mass is 10.2. The number of aromatic nitrogens is 2. The lowest BCUT2D eigenvalue weighted by Crippen LogP contribution is -2.34. The molecule has 90 valence electrons. The molecular weight excluding hydrogens is 246 g/mol. The highest BCUT2D eigenvalue weighted by Crippen LogP contribution is 2.21. The highest BCUT2D eigenvalue weighted by atomic mass is 32.2. The average molecular weight is 261 g/mol. The van der Waals surface area contributed by atoms with Crippen LogP contribution in [-0.4, -0.2) is 39.3 Å². The maximum Gasteiger partial charge on any atom is 0.320 e. The summed E-state index contributed by atoms with van der Waals surface area (Å²) in [7, 11) is 1.66. The van der Waals surface area contributed by atoms with Gasteiger partial charge in [-0.05, 0) is 25.0 Å². The zero-order chi connectivity index (χ0) is 12.0. The number of nitrogens with zero attached hydrogens (tertiary/aromatic N) is 2. The number of likely N-dealkylation sites (N-methyl/N-ethyl adjacent to an activating group) is 1. The van der Waals surface area contributed by atoms with Crippen molar-refractivity contribution < 1.29 is 9.90 Å². The molecule has 0 saturated heterocycles. The molecule has 0 aliphatic rings. The van der Waals surface area contributed by atoms with Crippen molar-refractivity contribution in [3.63, 3.8) is 0 Å². The number of nitrogens with one attached hydrogen (secondary N) is 1. The third-order valence-corrected chi connectivity index (χ3v) is 3.95. The normalized spacial score (nSPS) is 12.6. The van der Waals surface area contributed by atoms with Crippen molar-refractivity contribution in [2.45, 2.75) is 30.1 Å². The Morgan fingerprint density at radius 1 is 1.69 bits per heavy atom. The predicted octanol–water partition coefficient (Wildman–Crippen LogP) is 1.26. The summed E-state index contributed by atoms with van der Waals surface area (Å²) < 4.78 is 5.08. The fourth-order valence-electron chi connectivity index (χ4n) is 1.10. The van der Waals surface area contributed by atoms with Gasteiger partial charge in [0.25, 0.3) is 0 Å². The van der Waals surface area contributed by atoms with Crippen molar-refractivity contribution in [3.8, 4) is 0 Å². The highest BCUT2D eigenvalue weighted by molar-refractivity contribution is 8.00. The number of carbonyl (C=O) groups is 1. The van der Waals surface area contributed by atoms with Gasteiger partial charge in [-0.15, -0.1) is 0 Å². The minimum atomic E-state index is -0.811. The second-order valence-electron chi connectivity index (χ2n) is 3.15. The Labute approximate surface area is 103 Å². The predicted molar refractivity (Wildman–Crippen MR) is 65.1 cm³/mol. The van der Waals surface area contributed by atoms with Gasteiger partial charge in [0, 0.05) is 12.2 Å². The van der Waals surface area contributed by atoms with E-state index in [2.05, 4.69) is 14.7 Å². The third kappa shape index (κ3) is 4.07. The number of thioether (sulfide) groups is 1. The molecule has 0 radical (unpaired) electrons. The SMILES string of the molecule is CCc1nsc(SCCC(NC)C(=O)O)n1. The molecule has 1 unspecified atom stereocenters. The van der Waals surface area contributed by atoms with Crippen molar-refractivity contribution >= 4 is 29.3 Å². The molecule has 1 aromatic heterocycles. The molecule has 5 nitrogen and oxygen atoms in total. The van der Waals surface area contributed by atoms with E-state index in [1.54, 1.807) is 18.8 Å². The van der Waals surface area contributed by atoms with Crippen molar-refractivity contribution in [2.75, 3.05) is 12.8 Å². The average Bonchev–Trinajstić information content (AvgIpc) is 2.71. The molecule has 0 aromatic carbocycles. The lowest BCUT2D eigenvalue weighted by molar-refractivity contribution is -0.139. The van der Waals surface area contributed by atoms with Gasteiger partial charge in [-0.3, -0.25) is 4.79 Å². The fraction of sp³-hybridized carbons (Fsp3) is 0.667. The van der Waals surface area contributed by atoms with Gasteiger partial charge in [-0.1, -0.05) is 18.7 Å². The summed E-state index contributed by atoms with van der Waals surface area (Å²) >= 11 is 2.94. The number of carboxylic acid groups (broad SMARTS) is 1. The molecule has 0 aliphatic heterocycles. The molecule has 1 heterocycles. The fourth-order valence-corrected chi connectivity index (χ4v) is 2.87. The number of aliphatic carboxylic acids is 1. The molecule has 0 saturated carbocycles. The van der Waals surface area contributed by atoms with Gasteiger partial charge in [0.15, 0.2) is 4.34 Å². The van der Waals surface area contributed by atoms with Crippen LogP contribution in [0.4, 0.5) is 0 Å². The molecular formula is C9H15N3O2S2. The molecule has 7 heteroatoms. The maximum atomic E-state index is 10.7. The van der Waals surface area contributed by atoms with Crippen LogP contribution in [0.5, 0.6) is 0 Å². The van der Waals surface area contributed by atoms with E-state index in [1.165, 1.54) is 11.5 Å². The molecule has 0 aliphatic carbocycles. The first-order chi connectivity index (χ1) is 7.67. The molecule has 2 N–H and O–H groups in total. The maximum absolute atomic E-state index is 10.7. The van der Waals surface area contributed by atoms with Crippen LogP contribution in [0, 0.1) is 0 Å². The molecule has 1 atom stereocenters. The van der Waals surface area contributed by atoms with Gasteiger partial charge >= 0.3 is 5.97 Å². The van der Waals surface area contributed by atoms with Crippen LogP contribution in [0.2, 0.25) is 0 Å². The van der Waals surface area contributed by atoms with Gasteiger partial charge in [-0.2, -0.15) is 4.37 Å². The van der Waals surface area contributed by atoms with E-state index in [0.717, 1.165) is 22.3 Å². The summed E-state index contributed by atoms with van der Waals surface area (Å²) in [6.45, 7) is 2.01. The number of carboxylic acids is 1. The Balaban J connectivity index is 2.32. The largest absolute Gasteiger partial charge is 0.480 e. The molecule has 16 heavy (non-hydrogen) atoms. The minimum absolute atomic E-state index is 0.480. The van der Waals surface area contributed by atoms with Crippen LogP contribution in [-0.2, 0) is 11.2 Å². The highest BCUT2D eigenvalue weighted by Gasteiger charge is 2.14. The first-order valence-corrected chi connectivity index (χ1v) is 6.78. The Bertz CT molecular complexity index is 343.